The molecule has 2 aromatic carbocycles. The van der Waals surface area contributed by atoms with E-state index in [-0.39, 0.29) is 0 Å². The Bertz CT molecular complexity index is 1030. The molecule has 0 heterocycles. The first-order valence-electron chi connectivity index (χ1n) is 10.6. The molecule has 0 unspecified atom stereocenters. The van der Waals surface area contributed by atoms with Gasteiger partial charge in [0.05, 0.1) is 0 Å². The lowest BCUT2D eigenvalue weighted by Gasteiger charge is -2.13. The highest BCUT2D eigenvalue weighted by molar-refractivity contribution is 5.66. The zero-order valence-corrected chi connectivity index (χ0v) is 18.2. The van der Waals surface area contributed by atoms with E-state index in [9.17, 15) is 0 Å². The van der Waals surface area contributed by atoms with Crippen LogP contribution in [-0.4, -0.2) is 6.54 Å². The second kappa shape index (κ2) is 10.9. The molecule has 3 rings (SSSR count). The van der Waals surface area contributed by atoms with E-state index in [1.54, 1.807) is 0 Å². The number of nitrogens with two attached hydrogens (primary N) is 2. The molecular formula is C27H32N4. The summed E-state index contributed by atoms with van der Waals surface area (Å²) in [5.41, 5.74) is 19.9. The molecule has 6 N–H and O–H groups in total. The first-order chi connectivity index (χ1) is 15.0. The second-order valence-corrected chi connectivity index (χ2v) is 7.90. The molecule has 1 aliphatic carbocycles. The van der Waals surface area contributed by atoms with E-state index in [0.717, 1.165) is 48.5 Å². The summed E-state index contributed by atoms with van der Waals surface area (Å²) in [4.78, 5) is 0. The third kappa shape index (κ3) is 7.27. The van der Waals surface area contributed by atoms with Crippen LogP contribution < -0.4 is 22.1 Å². The molecule has 1 aliphatic rings. The van der Waals surface area contributed by atoms with Crippen LogP contribution >= 0.6 is 0 Å². The summed E-state index contributed by atoms with van der Waals surface area (Å²) in [5.74, 6) is 0.538. The minimum atomic E-state index is 0.538. The molecule has 0 fully saturated rings. The Morgan fingerprint density at radius 1 is 1.03 bits per heavy atom. The summed E-state index contributed by atoms with van der Waals surface area (Å²) in [5, 5.41) is 6.63. The average Bonchev–Trinajstić information content (AvgIpc) is 3.20. The quantitative estimate of drug-likeness (QED) is 0.404. The molecule has 160 valence electrons. The molecule has 0 atom stereocenters. The maximum atomic E-state index is 6.14. The maximum absolute atomic E-state index is 6.14. The molecule has 0 saturated carbocycles. The number of hydrogen-bond donors (Lipinski definition) is 4. The van der Waals surface area contributed by atoms with Crippen LogP contribution in [0.2, 0.25) is 0 Å². The van der Waals surface area contributed by atoms with E-state index >= 15 is 0 Å². The van der Waals surface area contributed by atoms with Gasteiger partial charge in [0.1, 0.15) is 5.82 Å². The zero-order valence-electron chi connectivity index (χ0n) is 18.2. The molecule has 0 bridgehead atoms. The molecule has 2 aromatic rings. The largest absolute Gasteiger partial charge is 0.402 e. The highest BCUT2D eigenvalue weighted by Gasteiger charge is 2.06. The first kappa shape index (κ1) is 22.0. The predicted octanol–water partition coefficient (Wildman–Crippen LogP) is 5.21. The minimum absolute atomic E-state index is 0.538. The van der Waals surface area contributed by atoms with Crippen LogP contribution in [0.1, 0.15) is 30.9 Å². The van der Waals surface area contributed by atoms with Crippen LogP contribution in [0.15, 0.2) is 108 Å². The highest BCUT2D eigenvalue weighted by Crippen LogP contribution is 2.20. The summed E-state index contributed by atoms with van der Waals surface area (Å²) in [6.45, 7) is 7.13. The van der Waals surface area contributed by atoms with Crippen LogP contribution in [0, 0.1) is 0 Å². The number of rotatable bonds is 10. The summed E-state index contributed by atoms with van der Waals surface area (Å²) >= 11 is 0. The smallest absolute Gasteiger partial charge is 0.100 e. The molecule has 0 aromatic heterocycles. The van der Waals surface area contributed by atoms with E-state index in [4.69, 9.17) is 11.5 Å². The molecule has 0 saturated heterocycles. The van der Waals surface area contributed by atoms with Crippen molar-refractivity contribution >= 4 is 11.4 Å². The van der Waals surface area contributed by atoms with Gasteiger partial charge in [0.2, 0.25) is 0 Å². The van der Waals surface area contributed by atoms with Crippen molar-refractivity contribution in [2.75, 3.05) is 11.9 Å². The number of hydrogen-bond acceptors (Lipinski definition) is 4. The topological polar surface area (TPSA) is 76.1 Å². The van der Waals surface area contributed by atoms with Gasteiger partial charge in [0.25, 0.3) is 0 Å². The van der Waals surface area contributed by atoms with Gasteiger partial charge in [0, 0.05) is 23.6 Å². The second-order valence-electron chi connectivity index (χ2n) is 7.90. The van der Waals surface area contributed by atoms with Gasteiger partial charge in [-0.25, -0.2) is 0 Å². The van der Waals surface area contributed by atoms with E-state index in [1.807, 2.05) is 54.6 Å². The zero-order chi connectivity index (χ0) is 22.1. The monoisotopic (exact) mass is 412 g/mol. The van der Waals surface area contributed by atoms with E-state index in [0.29, 0.717) is 5.82 Å². The number of nitrogens with one attached hydrogen (secondary N) is 2. The fourth-order valence-electron chi connectivity index (χ4n) is 3.39. The molecule has 31 heavy (non-hydrogen) atoms. The third-order valence-corrected chi connectivity index (χ3v) is 5.16. The Hall–Kier alpha value is -3.66. The molecule has 4 heteroatoms. The number of allylic oxidation sites excluding steroid dienone is 6. The average molecular weight is 413 g/mol. The van der Waals surface area contributed by atoms with Crippen molar-refractivity contribution in [2.24, 2.45) is 11.5 Å². The van der Waals surface area contributed by atoms with Crippen molar-refractivity contribution in [1.29, 1.82) is 0 Å². The Balaban J connectivity index is 1.51. The van der Waals surface area contributed by atoms with Crippen LogP contribution in [0.25, 0.3) is 5.70 Å². The number of aryl methyl sites for hydroxylation is 1. The highest BCUT2D eigenvalue weighted by atomic mass is 15.0. The summed E-state index contributed by atoms with van der Waals surface area (Å²) < 4.78 is 0. The standard InChI is InChI=1S/C27H32N4/c1-20-11-12-23(17-20)19-30-21(2)24-9-6-10-26(18-24)31-27(29)16-15-25(28)14-13-22-7-4-3-5-8-22/h3-12,15-16,18,30-31H,2,13-14,17,19,28-29H2,1H3/b25-15-,27-16+. The molecular weight excluding hydrogens is 380 g/mol. The van der Waals surface area contributed by atoms with Crippen LogP contribution in [0.4, 0.5) is 5.69 Å². The van der Waals surface area contributed by atoms with Gasteiger partial charge in [0.15, 0.2) is 0 Å². The number of anilines is 1. The molecule has 0 aliphatic heterocycles. The Kier molecular flexibility index (Phi) is 7.77. The third-order valence-electron chi connectivity index (χ3n) is 5.16. The van der Waals surface area contributed by atoms with Crippen LogP contribution in [0.5, 0.6) is 0 Å². The number of benzene rings is 2. The van der Waals surface area contributed by atoms with Gasteiger partial charge in [-0.3, -0.25) is 0 Å². The summed E-state index contributed by atoms with van der Waals surface area (Å²) in [6, 6.07) is 18.4. The summed E-state index contributed by atoms with van der Waals surface area (Å²) in [7, 11) is 0. The molecule has 4 nitrogen and oxygen atoms in total. The van der Waals surface area contributed by atoms with Crippen molar-refractivity contribution < 1.29 is 0 Å². The SMILES string of the molecule is C=C(NCC1=CC=C(C)C1)c1cccc(N/C(N)=C/C=C(\N)CCc2ccccc2)c1. The normalized spacial score (nSPS) is 14.1. The van der Waals surface area contributed by atoms with E-state index in [1.165, 1.54) is 16.7 Å². The van der Waals surface area contributed by atoms with E-state index in [2.05, 4.69) is 48.4 Å². The Labute approximate surface area is 185 Å². The van der Waals surface area contributed by atoms with Crippen molar-refractivity contribution in [3.8, 4) is 0 Å². The Morgan fingerprint density at radius 3 is 2.58 bits per heavy atom. The van der Waals surface area contributed by atoms with Crippen molar-refractivity contribution in [2.45, 2.75) is 26.2 Å². The van der Waals surface area contributed by atoms with Crippen molar-refractivity contribution in [1.82, 2.24) is 5.32 Å². The minimum Gasteiger partial charge on any atom is -0.402 e. The van der Waals surface area contributed by atoms with Gasteiger partial charge in [-0.15, -0.1) is 0 Å². The predicted molar refractivity (Wildman–Crippen MR) is 133 cm³/mol. The van der Waals surface area contributed by atoms with Gasteiger partial charge >= 0.3 is 0 Å². The fourth-order valence-corrected chi connectivity index (χ4v) is 3.39. The lowest BCUT2D eigenvalue weighted by molar-refractivity contribution is 0.925. The van der Waals surface area contributed by atoms with Gasteiger partial charge in [-0.2, -0.15) is 0 Å². The Morgan fingerprint density at radius 2 is 1.84 bits per heavy atom. The van der Waals surface area contributed by atoms with Gasteiger partial charge in [-0.1, -0.05) is 66.8 Å². The van der Waals surface area contributed by atoms with Gasteiger partial charge < -0.3 is 22.1 Å². The lowest BCUT2D eigenvalue weighted by atomic mass is 10.1. The maximum Gasteiger partial charge on any atom is 0.100 e. The molecule has 0 radical (unpaired) electrons. The first-order valence-corrected chi connectivity index (χ1v) is 10.6. The van der Waals surface area contributed by atoms with Crippen LogP contribution in [0.3, 0.4) is 0 Å². The fraction of sp³-hybridized carbons (Fsp3) is 0.185. The van der Waals surface area contributed by atoms with Crippen molar-refractivity contribution in [3.05, 3.63) is 119 Å². The van der Waals surface area contributed by atoms with Crippen LogP contribution in [-0.2, 0) is 6.42 Å². The van der Waals surface area contributed by atoms with Gasteiger partial charge in [-0.05, 0) is 67.2 Å². The van der Waals surface area contributed by atoms with E-state index < -0.39 is 0 Å². The molecule has 0 amide bonds. The summed E-state index contributed by atoms with van der Waals surface area (Å²) in [6.07, 6.45) is 10.8. The molecule has 0 spiro atoms. The van der Waals surface area contributed by atoms with Crippen molar-refractivity contribution in [3.63, 3.8) is 0 Å². The lowest BCUT2D eigenvalue weighted by Crippen LogP contribution is -2.15.